The van der Waals surface area contributed by atoms with Gasteiger partial charge in [0.1, 0.15) is 16.9 Å². The normalized spacial score (nSPS) is 14.3. The number of carbonyl (C=O) groups is 1. The van der Waals surface area contributed by atoms with Gasteiger partial charge in [-0.15, -0.1) is 5.10 Å². The van der Waals surface area contributed by atoms with Crippen LogP contribution in [0, 0.1) is 0 Å². The summed E-state index contributed by atoms with van der Waals surface area (Å²) >= 11 is 7.19. The van der Waals surface area contributed by atoms with Crippen molar-refractivity contribution in [2.75, 3.05) is 11.5 Å². The Bertz CT molecular complexity index is 1780. The predicted molar refractivity (Wildman–Crippen MR) is 145 cm³/mol. The molecule has 0 saturated carbocycles. The van der Waals surface area contributed by atoms with Crippen LogP contribution in [0.3, 0.4) is 0 Å². The highest BCUT2D eigenvalue weighted by atomic mass is 35.5. The van der Waals surface area contributed by atoms with Crippen LogP contribution >= 0.6 is 22.9 Å². The lowest BCUT2D eigenvalue weighted by Crippen LogP contribution is -2.32. The van der Waals surface area contributed by atoms with E-state index >= 15 is 0 Å². The van der Waals surface area contributed by atoms with Gasteiger partial charge in [-0.1, -0.05) is 65.9 Å². The summed E-state index contributed by atoms with van der Waals surface area (Å²) in [5.41, 5.74) is 3.18. The summed E-state index contributed by atoms with van der Waals surface area (Å²) in [4.78, 5) is 33.7. The molecule has 0 aliphatic carbocycles. The number of nitrogens with zero attached hydrogens (tertiary/aromatic N) is 4. The number of carbonyl (C=O) groups excluding carboxylic acids is 1. The van der Waals surface area contributed by atoms with Crippen molar-refractivity contribution in [2.24, 2.45) is 0 Å². The fourth-order valence-corrected chi connectivity index (χ4v) is 5.42. The molecule has 0 radical (unpaired) electrons. The summed E-state index contributed by atoms with van der Waals surface area (Å²) < 4.78 is 7.11. The van der Waals surface area contributed by atoms with Crippen LogP contribution in [0.2, 0.25) is 5.02 Å². The summed E-state index contributed by atoms with van der Waals surface area (Å²) in [5, 5.41) is 5.07. The first kappa shape index (κ1) is 23.1. The fourth-order valence-electron chi connectivity index (χ4n) is 4.29. The number of anilines is 1. The van der Waals surface area contributed by atoms with Crippen LogP contribution in [0.15, 0.2) is 90.2 Å². The number of benzene rings is 3. The molecule has 37 heavy (non-hydrogen) atoms. The van der Waals surface area contributed by atoms with E-state index in [-0.39, 0.29) is 11.5 Å². The van der Waals surface area contributed by atoms with Crippen molar-refractivity contribution >= 4 is 45.1 Å². The molecule has 0 fully saturated rings. The summed E-state index contributed by atoms with van der Waals surface area (Å²) in [6, 6.07) is 22.2. The summed E-state index contributed by atoms with van der Waals surface area (Å²) in [6.45, 7) is 4.42. The van der Waals surface area contributed by atoms with Crippen molar-refractivity contribution in [1.82, 2.24) is 14.6 Å². The molecular weight excluding hydrogens is 508 g/mol. The Kier molecular flexibility index (Phi) is 5.82. The number of thiazole rings is 1. The van der Waals surface area contributed by atoms with E-state index in [0.29, 0.717) is 44.8 Å². The van der Waals surface area contributed by atoms with E-state index in [1.54, 1.807) is 23.1 Å². The largest absolute Gasteiger partial charge is 0.490 e. The van der Waals surface area contributed by atoms with E-state index in [9.17, 15) is 9.59 Å². The molecule has 1 aliphatic rings. The van der Waals surface area contributed by atoms with Gasteiger partial charge in [0.15, 0.2) is 5.82 Å². The van der Waals surface area contributed by atoms with Crippen LogP contribution in [0.25, 0.3) is 21.9 Å². The van der Waals surface area contributed by atoms with Crippen LogP contribution in [0.4, 0.5) is 5.69 Å². The molecule has 0 N–H and O–H groups in total. The molecule has 9 heteroatoms. The lowest BCUT2D eigenvalue weighted by Gasteiger charge is -2.17. The molecule has 0 atom stereocenters. The molecule has 3 heterocycles. The minimum atomic E-state index is -0.365. The minimum Gasteiger partial charge on any atom is -0.490 e. The molecule has 1 aliphatic heterocycles. The average Bonchev–Trinajstić information content (AvgIpc) is 3.55. The smallest absolute Gasteiger partial charge is 0.291 e. The first-order chi connectivity index (χ1) is 18.0. The molecule has 7 nitrogen and oxygen atoms in total. The number of halogens is 1. The van der Waals surface area contributed by atoms with E-state index < -0.39 is 0 Å². The highest BCUT2D eigenvalue weighted by Gasteiger charge is 2.34. The number of hydrogen-bond donors (Lipinski definition) is 0. The van der Waals surface area contributed by atoms with Crippen LogP contribution in [-0.4, -0.2) is 27.1 Å². The zero-order valence-electron chi connectivity index (χ0n) is 19.4. The van der Waals surface area contributed by atoms with Gasteiger partial charge in [-0.05, 0) is 48.0 Å². The number of aromatic nitrogens is 3. The van der Waals surface area contributed by atoms with Gasteiger partial charge in [0, 0.05) is 16.1 Å². The fraction of sp³-hybridized carbons (Fsp3) is 0.0714. The maximum atomic E-state index is 13.6. The topological polar surface area (TPSA) is 76.8 Å². The molecule has 0 saturated heterocycles. The SMILES string of the molecule is C=CCOc1ccc(-c2nc3sc(=C4C(=O)N(Cc5ccc(Cl)cc5)c5ccccc54)c(=O)n3n2)cc1. The second kappa shape index (κ2) is 9.31. The first-order valence-corrected chi connectivity index (χ1v) is 12.7. The van der Waals surface area contributed by atoms with E-state index in [2.05, 4.69) is 16.7 Å². The zero-order valence-corrected chi connectivity index (χ0v) is 21.0. The van der Waals surface area contributed by atoms with Crippen LogP contribution in [0.1, 0.15) is 11.1 Å². The predicted octanol–water partition coefficient (Wildman–Crippen LogP) is 4.50. The minimum absolute atomic E-state index is 0.229. The van der Waals surface area contributed by atoms with Gasteiger partial charge in [0.05, 0.1) is 17.8 Å². The Morgan fingerprint density at radius 1 is 1.00 bits per heavy atom. The Morgan fingerprint density at radius 3 is 2.49 bits per heavy atom. The number of amides is 1. The Morgan fingerprint density at radius 2 is 1.76 bits per heavy atom. The van der Waals surface area contributed by atoms with Gasteiger partial charge in [-0.2, -0.15) is 9.50 Å². The molecule has 0 spiro atoms. The molecular formula is C28H19ClN4O3S. The molecule has 182 valence electrons. The van der Waals surface area contributed by atoms with E-state index in [1.807, 2.05) is 60.7 Å². The van der Waals surface area contributed by atoms with Crippen molar-refractivity contribution in [3.63, 3.8) is 0 Å². The zero-order chi connectivity index (χ0) is 25.5. The van der Waals surface area contributed by atoms with Crippen LogP contribution in [-0.2, 0) is 11.3 Å². The molecule has 6 rings (SSSR count). The van der Waals surface area contributed by atoms with Gasteiger partial charge < -0.3 is 9.64 Å². The number of ether oxygens (including phenoxy) is 1. The third kappa shape index (κ3) is 4.10. The Labute approximate surface area is 220 Å². The monoisotopic (exact) mass is 526 g/mol. The average molecular weight is 527 g/mol. The highest BCUT2D eigenvalue weighted by Crippen LogP contribution is 2.36. The van der Waals surface area contributed by atoms with Crippen LogP contribution in [0.5, 0.6) is 5.75 Å². The Hall–Kier alpha value is -4.27. The maximum Gasteiger partial charge on any atom is 0.291 e. The molecule has 0 bridgehead atoms. The van der Waals surface area contributed by atoms with Crippen molar-refractivity contribution in [3.05, 3.63) is 116 Å². The molecule has 2 aromatic heterocycles. The second-order valence-corrected chi connectivity index (χ2v) is 9.81. The lowest BCUT2D eigenvalue weighted by molar-refractivity contribution is -0.113. The number of fused-ring (bicyclic) bond motifs is 2. The first-order valence-electron chi connectivity index (χ1n) is 11.5. The number of rotatable bonds is 6. The molecule has 0 unspecified atom stereocenters. The van der Waals surface area contributed by atoms with Crippen LogP contribution < -0.4 is 19.7 Å². The maximum absolute atomic E-state index is 13.6. The lowest BCUT2D eigenvalue weighted by atomic mass is 10.1. The van der Waals surface area contributed by atoms with Crippen molar-refractivity contribution in [1.29, 1.82) is 0 Å². The van der Waals surface area contributed by atoms with Crippen molar-refractivity contribution < 1.29 is 9.53 Å². The molecule has 1 amide bonds. The molecule has 5 aromatic rings. The van der Waals surface area contributed by atoms with E-state index in [4.69, 9.17) is 16.3 Å². The van der Waals surface area contributed by atoms with E-state index in [0.717, 1.165) is 22.4 Å². The Balaban J connectivity index is 1.40. The molecule has 3 aromatic carbocycles. The van der Waals surface area contributed by atoms with Gasteiger partial charge in [0.25, 0.3) is 11.5 Å². The number of hydrogen-bond acceptors (Lipinski definition) is 6. The third-order valence-electron chi connectivity index (χ3n) is 6.04. The summed E-state index contributed by atoms with van der Waals surface area (Å²) in [6.07, 6.45) is 1.68. The summed E-state index contributed by atoms with van der Waals surface area (Å²) in [7, 11) is 0. The number of para-hydroxylation sites is 1. The van der Waals surface area contributed by atoms with Gasteiger partial charge >= 0.3 is 0 Å². The standard InChI is InChI=1S/C28H19ClN4O3S/c1-2-15-36-20-13-9-18(10-14-20)25-30-28-33(31-25)27(35)24(37-28)23-21-5-3-4-6-22(21)32(26(23)34)16-17-7-11-19(29)12-8-17/h2-14H,1,15-16H2. The third-order valence-corrected chi connectivity index (χ3v) is 7.32. The van der Waals surface area contributed by atoms with Gasteiger partial charge in [-0.3, -0.25) is 9.59 Å². The van der Waals surface area contributed by atoms with Gasteiger partial charge in [-0.25, -0.2) is 0 Å². The second-order valence-electron chi connectivity index (χ2n) is 8.40. The van der Waals surface area contributed by atoms with Crippen molar-refractivity contribution in [3.8, 4) is 17.1 Å². The van der Waals surface area contributed by atoms with Crippen molar-refractivity contribution in [2.45, 2.75) is 6.54 Å². The van der Waals surface area contributed by atoms with E-state index in [1.165, 1.54) is 15.9 Å². The quantitative estimate of drug-likeness (QED) is 0.304. The van der Waals surface area contributed by atoms with Gasteiger partial charge in [0.2, 0.25) is 4.96 Å². The highest BCUT2D eigenvalue weighted by molar-refractivity contribution is 7.15. The summed E-state index contributed by atoms with van der Waals surface area (Å²) in [5.74, 6) is 0.903.